The molecule has 0 fully saturated rings. The Morgan fingerprint density at radius 2 is 1.64 bits per heavy atom. The lowest BCUT2D eigenvalue weighted by molar-refractivity contribution is 0.102. The molecule has 28 heavy (non-hydrogen) atoms. The average Bonchev–Trinajstić information content (AvgIpc) is 2.74. The van der Waals surface area contributed by atoms with Crippen molar-refractivity contribution >= 4 is 23.2 Å². The molecule has 3 nitrogen and oxygen atoms in total. The van der Waals surface area contributed by atoms with Crippen LogP contribution in [0.2, 0.25) is 5.02 Å². The van der Waals surface area contributed by atoms with Gasteiger partial charge in [-0.2, -0.15) is 0 Å². The Morgan fingerprint density at radius 3 is 2.39 bits per heavy atom. The number of hydrogen-bond donors (Lipinski definition) is 1. The molecule has 142 valence electrons. The highest BCUT2D eigenvalue weighted by Gasteiger charge is 2.15. The van der Waals surface area contributed by atoms with Crippen LogP contribution in [0.4, 0.5) is 5.69 Å². The molecule has 0 saturated carbocycles. The van der Waals surface area contributed by atoms with E-state index < -0.39 is 0 Å². The van der Waals surface area contributed by atoms with Crippen molar-refractivity contribution in [2.75, 3.05) is 18.4 Å². The Hall–Kier alpha value is -2.62. The number of carbonyl (C=O) groups is 1. The minimum atomic E-state index is -0.110. The number of halogens is 1. The fourth-order valence-corrected chi connectivity index (χ4v) is 3.72. The Morgan fingerprint density at radius 1 is 0.929 bits per heavy atom. The van der Waals surface area contributed by atoms with Gasteiger partial charge in [0.1, 0.15) is 0 Å². The smallest absolute Gasteiger partial charge is 0.255 e. The summed E-state index contributed by atoms with van der Waals surface area (Å²) < 4.78 is 0. The summed E-state index contributed by atoms with van der Waals surface area (Å²) in [4.78, 5) is 14.9. The molecule has 4 rings (SSSR count). The monoisotopic (exact) mass is 390 g/mol. The normalized spacial score (nSPS) is 13.8. The van der Waals surface area contributed by atoms with E-state index >= 15 is 0 Å². The summed E-state index contributed by atoms with van der Waals surface area (Å²) in [5, 5.41) is 3.54. The first kappa shape index (κ1) is 18.7. The summed E-state index contributed by atoms with van der Waals surface area (Å²) >= 11 is 5.88. The fraction of sp³-hybridized carbons (Fsp3) is 0.208. The van der Waals surface area contributed by atoms with Crippen molar-refractivity contribution in [3.63, 3.8) is 0 Å². The maximum absolute atomic E-state index is 12.4. The van der Waals surface area contributed by atoms with Gasteiger partial charge >= 0.3 is 0 Å². The highest BCUT2D eigenvalue weighted by atomic mass is 35.5. The van der Waals surface area contributed by atoms with Crippen LogP contribution in [-0.2, 0) is 19.4 Å². The third-order valence-electron chi connectivity index (χ3n) is 5.24. The van der Waals surface area contributed by atoms with Crippen molar-refractivity contribution < 1.29 is 4.79 Å². The van der Waals surface area contributed by atoms with E-state index in [4.69, 9.17) is 11.6 Å². The SMILES string of the molecule is O=C(Nc1ccc(Cl)cc1)c1ccc(CCN2CCc3ccccc3C2)cc1. The van der Waals surface area contributed by atoms with Crippen LogP contribution in [0.3, 0.4) is 0 Å². The lowest BCUT2D eigenvalue weighted by atomic mass is 9.99. The topological polar surface area (TPSA) is 32.3 Å². The van der Waals surface area contributed by atoms with Gasteiger partial charge in [-0.15, -0.1) is 0 Å². The third kappa shape index (κ3) is 4.61. The van der Waals surface area contributed by atoms with Crippen LogP contribution in [0.15, 0.2) is 72.8 Å². The summed E-state index contributed by atoms with van der Waals surface area (Å²) in [6, 6.07) is 23.7. The maximum Gasteiger partial charge on any atom is 0.255 e. The number of nitrogens with zero attached hydrogens (tertiary/aromatic N) is 1. The third-order valence-corrected chi connectivity index (χ3v) is 5.50. The van der Waals surface area contributed by atoms with Crippen LogP contribution in [0.5, 0.6) is 0 Å². The number of carbonyl (C=O) groups excluding carboxylic acids is 1. The number of benzene rings is 3. The predicted octanol–water partition coefficient (Wildman–Crippen LogP) is 5.19. The van der Waals surface area contributed by atoms with Crippen molar-refractivity contribution in [2.45, 2.75) is 19.4 Å². The highest BCUT2D eigenvalue weighted by Crippen LogP contribution is 2.19. The van der Waals surface area contributed by atoms with Gasteiger partial charge < -0.3 is 5.32 Å². The molecule has 3 aromatic carbocycles. The summed E-state index contributed by atoms with van der Waals surface area (Å²) in [6.45, 7) is 3.17. The van der Waals surface area contributed by atoms with Crippen molar-refractivity contribution in [1.29, 1.82) is 0 Å². The van der Waals surface area contributed by atoms with Gasteiger partial charge in [0.15, 0.2) is 0 Å². The molecule has 0 atom stereocenters. The van der Waals surface area contributed by atoms with E-state index in [1.54, 1.807) is 24.3 Å². The van der Waals surface area contributed by atoms with Crippen LogP contribution in [0, 0.1) is 0 Å². The van der Waals surface area contributed by atoms with E-state index in [1.165, 1.54) is 16.7 Å². The molecule has 0 saturated heterocycles. The molecule has 1 aliphatic heterocycles. The first-order chi connectivity index (χ1) is 13.7. The van der Waals surface area contributed by atoms with Crippen LogP contribution in [0.25, 0.3) is 0 Å². The number of amides is 1. The second-order valence-corrected chi connectivity index (χ2v) is 7.64. The van der Waals surface area contributed by atoms with Crippen molar-refractivity contribution in [3.8, 4) is 0 Å². The zero-order chi connectivity index (χ0) is 19.3. The largest absolute Gasteiger partial charge is 0.322 e. The zero-order valence-corrected chi connectivity index (χ0v) is 16.5. The lowest BCUT2D eigenvalue weighted by Gasteiger charge is -2.28. The van der Waals surface area contributed by atoms with E-state index in [2.05, 4.69) is 46.6 Å². The summed E-state index contributed by atoms with van der Waals surface area (Å²) in [7, 11) is 0. The van der Waals surface area contributed by atoms with Gasteiger partial charge in [-0.3, -0.25) is 9.69 Å². The molecule has 0 aromatic heterocycles. The Bertz CT molecular complexity index is 951. The molecule has 0 unspecified atom stereocenters. The Kier molecular flexibility index (Phi) is 5.75. The number of fused-ring (bicyclic) bond motifs is 1. The number of hydrogen-bond acceptors (Lipinski definition) is 2. The van der Waals surface area contributed by atoms with Gasteiger partial charge in [0, 0.05) is 35.9 Å². The molecule has 1 aliphatic rings. The number of nitrogens with one attached hydrogen (secondary N) is 1. The fourth-order valence-electron chi connectivity index (χ4n) is 3.59. The van der Waals surface area contributed by atoms with Gasteiger partial charge in [0.25, 0.3) is 5.91 Å². The van der Waals surface area contributed by atoms with Crippen molar-refractivity contribution in [3.05, 3.63) is 100 Å². The van der Waals surface area contributed by atoms with E-state index in [1.807, 2.05) is 12.1 Å². The number of anilines is 1. The minimum absolute atomic E-state index is 0.110. The molecule has 0 bridgehead atoms. The van der Waals surface area contributed by atoms with Gasteiger partial charge in [0.05, 0.1) is 0 Å². The van der Waals surface area contributed by atoms with E-state index in [-0.39, 0.29) is 5.91 Å². The summed E-state index contributed by atoms with van der Waals surface area (Å²) in [6.07, 6.45) is 2.11. The average molecular weight is 391 g/mol. The van der Waals surface area contributed by atoms with Crippen LogP contribution < -0.4 is 5.32 Å². The van der Waals surface area contributed by atoms with Gasteiger partial charge in [0.2, 0.25) is 0 Å². The van der Waals surface area contributed by atoms with E-state index in [0.717, 1.165) is 38.2 Å². The molecule has 0 radical (unpaired) electrons. The predicted molar refractivity (Wildman–Crippen MR) is 115 cm³/mol. The standard InChI is InChI=1S/C24H23ClN2O/c25-22-9-11-23(12-10-22)26-24(28)20-7-5-18(6-8-20)13-15-27-16-14-19-3-1-2-4-21(19)17-27/h1-12H,13-17H2,(H,26,28). The molecular formula is C24H23ClN2O. The molecule has 4 heteroatoms. The van der Waals surface area contributed by atoms with E-state index in [0.29, 0.717) is 10.6 Å². The van der Waals surface area contributed by atoms with E-state index in [9.17, 15) is 4.79 Å². The molecule has 1 N–H and O–H groups in total. The lowest BCUT2D eigenvalue weighted by Crippen LogP contribution is -2.32. The summed E-state index contributed by atoms with van der Waals surface area (Å²) in [5.74, 6) is -0.110. The Labute approximate surface area is 171 Å². The van der Waals surface area contributed by atoms with Gasteiger partial charge in [-0.25, -0.2) is 0 Å². The van der Waals surface area contributed by atoms with Gasteiger partial charge in [-0.05, 0) is 65.9 Å². The number of rotatable bonds is 5. The highest BCUT2D eigenvalue weighted by molar-refractivity contribution is 6.30. The van der Waals surface area contributed by atoms with Crippen molar-refractivity contribution in [1.82, 2.24) is 4.90 Å². The molecule has 1 amide bonds. The second-order valence-electron chi connectivity index (χ2n) is 7.20. The quantitative estimate of drug-likeness (QED) is 0.649. The van der Waals surface area contributed by atoms with Gasteiger partial charge in [-0.1, -0.05) is 48.0 Å². The second kappa shape index (κ2) is 8.59. The summed E-state index contributed by atoms with van der Waals surface area (Å²) in [5.41, 5.74) is 5.58. The molecular weight excluding hydrogens is 368 g/mol. The maximum atomic E-state index is 12.4. The minimum Gasteiger partial charge on any atom is -0.322 e. The van der Waals surface area contributed by atoms with Crippen molar-refractivity contribution in [2.24, 2.45) is 0 Å². The molecule has 0 aliphatic carbocycles. The molecule has 0 spiro atoms. The molecule has 1 heterocycles. The zero-order valence-electron chi connectivity index (χ0n) is 15.7. The molecule has 3 aromatic rings. The van der Waals surface area contributed by atoms with Crippen LogP contribution in [0.1, 0.15) is 27.0 Å². The van der Waals surface area contributed by atoms with Crippen LogP contribution in [-0.4, -0.2) is 23.9 Å². The first-order valence-electron chi connectivity index (χ1n) is 9.62. The Balaban J connectivity index is 1.31. The first-order valence-corrected chi connectivity index (χ1v) is 10.0. The van der Waals surface area contributed by atoms with Crippen LogP contribution >= 0.6 is 11.6 Å².